The van der Waals surface area contributed by atoms with Crippen molar-refractivity contribution in [1.82, 2.24) is 20.3 Å². The second kappa shape index (κ2) is 9.70. The predicted molar refractivity (Wildman–Crippen MR) is 133 cm³/mol. The van der Waals surface area contributed by atoms with E-state index in [2.05, 4.69) is 25.6 Å². The van der Waals surface area contributed by atoms with Gasteiger partial charge < -0.3 is 15.4 Å². The first-order valence-electron chi connectivity index (χ1n) is 11.3. The summed E-state index contributed by atoms with van der Waals surface area (Å²) in [7, 11) is 0. The molecule has 2 aromatic carbocycles. The SMILES string of the molecule is Cc1cc(Nc2ncnc3ccc(C=CCNC(=O)C4CC4)cc23)ccc1Oc1cccnc1. The van der Waals surface area contributed by atoms with Crippen LogP contribution in [0.25, 0.3) is 17.0 Å². The fourth-order valence-electron chi connectivity index (χ4n) is 3.63. The van der Waals surface area contributed by atoms with E-state index in [-0.39, 0.29) is 11.8 Å². The lowest BCUT2D eigenvalue weighted by atomic mass is 10.1. The lowest BCUT2D eigenvalue weighted by molar-refractivity contribution is -0.122. The molecule has 2 N–H and O–H groups in total. The molecule has 170 valence electrons. The fourth-order valence-corrected chi connectivity index (χ4v) is 3.63. The fraction of sp³-hybridized carbons (Fsp3) is 0.185. The minimum atomic E-state index is 0.148. The number of carbonyl (C=O) groups is 1. The quantitative estimate of drug-likeness (QED) is 0.372. The Morgan fingerprint density at radius 3 is 2.85 bits per heavy atom. The van der Waals surface area contributed by atoms with Crippen molar-refractivity contribution in [3.63, 3.8) is 0 Å². The average molecular weight is 452 g/mol. The molecule has 0 spiro atoms. The van der Waals surface area contributed by atoms with Crippen LogP contribution in [0.3, 0.4) is 0 Å². The van der Waals surface area contributed by atoms with E-state index in [1.807, 2.05) is 67.6 Å². The largest absolute Gasteiger partial charge is 0.455 e. The number of pyridine rings is 1. The van der Waals surface area contributed by atoms with E-state index in [0.29, 0.717) is 12.3 Å². The zero-order valence-electron chi connectivity index (χ0n) is 18.9. The standard InChI is InChI=1S/C27H25N5O2/c1-18-14-21(9-11-25(18)34-22-5-3-12-28-16-22)32-26-23-15-19(6-10-24(23)30-17-31-26)4-2-13-29-27(33)20-7-8-20/h2-6,9-12,14-17,20H,7-8,13H2,1H3,(H,29,33)(H,30,31,32). The third kappa shape index (κ3) is 5.20. The van der Waals surface area contributed by atoms with Gasteiger partial charge in [-0.2, -0.15) is 0 Å². The molecule has 1 aliphatic carbocycles. The zero-order chi connectivity index (χ0) is 23.3. The molecule has 5 rings (SSSR count). The first-order valence-corrected chi connectivity index (χ1v) is 11.3. The van der Waals surface area contributed by atoms with Crippen LogP contribution < -0.4 is 15.4 Å². The molecular weight excluding hydrogens is 426 g/mol. The molecule has 0 aliphatic heterocycles. The van der Waals surface area contributed by atoms with Crippen LogP contribution in [-0.4, -0.2) is 27.4 Å². The van der Waals surface area contributed by atoms with Crippen LogP contribution in [0.15, 0.2) is 73.3 Å². The Bertz CT molecular complexity index is 1350. The summed E-state index contributed by atoms with van der Waals surface area (Å²) in [6.07, 6.45) is 10.9. The van der Waals surface area contributed by atoms with Crippen molar-refractivity contribution < 1.29 is 9.53 Å². The molecular formula is C27H25N5O2. The van der Waals surface area contributed by atoms with Gasteiger partial charge in [-0.25, -0.2) is 9.97 Å². The number of aromatic nitrogens is 3. The molecule has 7 nitrogen and oxygen atoms in total. The van der Waals surface area contributed by atoms with E-state index in [4.69, 9.17) is 4.74 Å². The summed E-state index contributed by atoms with van der Waals surface area (Å²) in [5.74, 6) is 2.56. The number of hydrogen-bond donors (Lipinski definition) is 2. The third-order valence-electron chi connectivity index (χ3n) is 5.61. The molecule has 2 aromatic heterocycles. The van der Waals surface area contributed by atoms with Gasteiger partial charge in [0.2, 0.25) is 5.91 Å². The minimum absolute atomic E-state index is 0.148. The van der Waals surface area contributed by atoms with Crippen LogP contribution in [0.1, 0.15) is 24.0 Å². The maximum atomic E-state index is 11.8. The van der Waals surface area contributed by atoms with E-state index in [1.54, 1.807) is 18.7 Å². The average Bonchev–Trinajstić information content (AvgIpc) is 3.70. The highest BCUT2D eigenvalue weighted by atomic mass is 16.5. The number of benzene rings is 2. The second-order valence-corrected chi connectivity index (χ2v) is 8.32. The Morgan fingerprint density at radius 2 is 2.06 bits per heavy atom. The van der Waals surface area contributed by atoms with Gasteiger partial charge in [0.1, 0.15) is 23.6 Å². The molecule has 0 atom stereocenters. The van der Waals surface area contributed by atoms with Gasteiger partial charge in [0.05, 0.1) is 11.7 Å². The number of fused-ring (bicyclic) bond motifs is 1. The third-order valence-corrected chi connectivity index (χ3v) is 5.61. The van der Waals surface area contributed by atoms with E-state index in [0.717, 1.165) is 52.1 Å². The monoisotopic (exact) mass is 451 g/mol. The van der Waals surface area contributed by atoms with Crippen molar-refractivity contribution in [1.29, 1.82) is 0 Å². The molecule has 1 aliphatic rings. The summed E-state index contributed by atoms with van der Waals surface area (Å²) in [6, 6.07) is 15.6. The molecule has 34 heavy (non-hydrogen) atoms. The van der Waals surface area contributed by atoms with Gasteiger partial charge in [0, 0.05) is 29.7 Å². The lowest BCUT2D eigenvalue weighted by Gasteiger charge is -2.12. The number of nitrogens with one attached hydrogen (secondary N) is 2. The number of aryl methyl sites for hydroxylation is 1. The predicted octanol–water partition coefficient (Wildman–Crippen LogP) is 5.41. The van der Waals surface area contributed by atoms with Gasteiger partial charge >= 0.3 is 0 Å². The number of anilines is 2. The van der Waals surface area contributed by atoms with E-state index >= 15 is 0 Å². The van der Waals surface area contributed by atoms with Crippen LogP contribution in [0, 0.1) is 12.8 Å². The van der Waals surface area contributed by atoms with Crippen LogP contribution in [0.5, 0.6) is 11.5 Å². The maximum absolute atomic E-state index is 11.8. The van der Waals surface area contributed by atoms with Gasteiger partial charge in [-0.15, -0.1) is 0 Å². The number of ether oxygens (including phenoxy) is 1. The molecule has 0 bridgehead atoms. The van der Waals surface area contributed by atoms with Crippen molar-refractivity contribution in [3.05, 3.63) is 84.5 Å². The molecule has 0 saturated heterocycles. The zero-order valence-corrected chi connectivity index (χ0v) is 18.9. The highest BCUT2D eigenvalue weighted by molar-refractivity contribution is 5.92. The number of amides is 1. The first-order chi connectivity index (χ1) is 16.7. The normalized spacial score (nSPS) is 13.2. The smallest absolute Gasteiger partial charge is 0.223 e. The molecule has 2 heterocycles. The summed E-state index contributed by atoms with van der Waals surface area (Å²) >= 11 is 0. The van der Waals surface area contributed by atoms with E-state index < -0.39 is 0 Å². The summed E-state index contributed by atoms with van der Waals surface area (Å²) in [5, 5.41) is 7.27. The number of hydrogen-bond acceptors (Lipinski definition) is 6. The van der Waals surface area contributed by atoms with Crippen molar-refractivity contribution in [2.24, 2.45) is 5.92 Å². The number of rotatable bonds is 8. The van der Waals surface area contributed by atoms with Crippen molar-refractivity contribution in [3.8, 4) is 11.5 Å². The van der Waals surface area contributed by atoms with Gasteiger partial charge in [0.15, 0.2) is 0 Å². The van der Waals surface area contributed by atoms with Crippen molar-refractivity contribution >= 4 is 34.4 Å². The van der Waals surface area contributed by atoms with Crippen molar-refractivity contribution in [2.75, 3.05) is 11.9 Å². The Morgan fingerprint density at radius 1 is 1.15 bits per heavy atom. The van der Waals surface area contributed by atoms with Crippen LogP contribution >= 0.6 is 0 Å². The minimum Gasteiger partial charge on any atom is -0.455 e. The molecule has 0 radical (unpaired) electrons. The Hall–Kier alpha value is -4.26. The summed E-state index contributed by atoms with van der Waals surface area (Å²) in [4.78, 5) is 24.7. The van der Waals surface area contributed by atoms with Crippen LogP contribution in [0.2, 0.25) is 0 Å². The molecule has 7 heteroatoms. The molecule has 1 amide bonds. The molecule has 0 unspecified atom stereocenters. The van der Waals surface area contributed by atoms with Gasteiger partial charge in [-0.1, -0.05) is 18.2 Å². The van der Waals surface area contributed by atoms with Gasteiger partial charge in [0.25, 0.3) is 0 Å². The van der Waals surface area contributed by atoms with E-state index in [1.165, 1.54) is 0 Å². The van der Waals surface area contributed by atoms with Crippen LogP contribution in [0.4, 0.5) is 11.5 Å². The first kappa shape index (κ1) is 21.6. The topological polar surface area (TPSA) is 89.0 Å². The van der Waals surface area contributed by atoms with E-state index in [9.17, 15) is 4.79 Å². The summed E-state index contributed by atoms with van der Waals surface area (Å²) in [6.45, 7) is 2.52. The lowest BCUT2D eigenvalue weighted by Crippen LogP contribution is -2.24. The molecule has 1 saturated carbocycles. The van der Waals surface area contributed by atoms with Gasteiger partial charge in [-0.05, 0) is 73.4 Å². The maximum Gasteiger partial charge on any atom is 0.223 e. The Kier molecular flexibility index (Phi) is 6.16. The Labute approximate surface area is 197 Å². The highest BCUT2D eigenvalue weighted by Crippen LogP contribution is 2.30. The molecule has 4 aromatic rings. The number of nitrogens with zero attached hydrogens (tertiary/aromatic N) is 3. The Balaban J connectivity index is 1.31. The summed E-state index contributed by atoms with van der Waals surface area (Å²) in [5.41, 5.74) is 3.76. The van der Waals surface area contributed by atoms with Crippen molar-refractivity contribution in [2.45, 2.75) is 19.8 Å². The van der Waals surface area contributed by atoms with Gasteiger partial charge in [-0.3, -0.25) is 9.78 Å². The number of carbonyl (C=O) groups excluding carboxylic acids is 1. The van der Waals surface area contributed by atoms with Crippen LogP contribution in [-0.2, 0) is 4.79 Å². The molecule has 1 fully saturated rings. The second-order valence-electron chi connectivity index (χ2n) is 8.32. The summed E-state index contributed by atoms with van der Waals surface area (Å²) < 4.78 is 5.93. The highest BCUT2D eigenvalue weighted by Gasteiger charge is 2.28.